The molecule has 2 aromatic rings. The van der Waals surface area contributed by atoms with Crippen LogP contribution in [0, 0.1) is 5.92 Å². The van der Waals surface area contributed by atoms with Gasteiger partial charge in [0.15, 0.2) is 6.10 Å². The summed E-state index contributed by atoms with van der Waals surface area (Å²) in [5.74, 6) is -1.05. The molecule has 30 heavy (non-hydrogen) atoms. The summed E-state index contributed by atoms with van der Waals surface area (Å²) in [6, 6.07) is 20.8. The van der Waals surface area contributed by atoms with Crippen LogP contribution in [0.1, 0.15) is 34.1 Å². The van der Waals surface area contributed by atoms with Gasteiger partial charge in [0.1, 0.15) is 0 Å². The second-order valence-electron chi connectivity index (χ2n) is 8.40. The van der Waals surface area contributed by atoms with Crippen molar-refractivity contribution in [1.82, 2.24) is 0 Å². The number of hydrogen-bond donors (Lipinski definition) is 1. The molecule has 0 unspecified atom stereocenters. The minimum atomic E-state index is -2.64. The average Bonchev–Trinajstić information content (AvgIpc) is 2.74. The van der Waals surface area contributed by atoms with Crippen LogP contribution in [0.4, 0.5) is 0 Å². The highest BCUT2D eigenvalue weighted by atomic mass is 28.4. The molecule has 0 saturated heterocycles. The van der Waals surface area contributed by atoms with E-state index < -0.39 is 26.3 Å². The van der Waals surface area contributed by atoms with E-state index in [2.05, 4.69) is 51.6 Å². The molecule has 0 aliphatic carbocycles. The van der Waals surface area contributed by atoms with Crippen molar-refractivity contribution in [3.8, 4) is 0 Å². The van der Waals surface area contributed by atoms with Crippen LogP contribution in [0.15, 0.2) is 73.3 Å². The fourth-order valence-electron chi connectivity index (χ4n) is 3.92. The second-order valence-corrected chi connectivity index (χ2v) is 12.7. The first-order valence-electron chi connectivity index (χ1n) is 10.5. The van der Waals surface area contributed by atoms with Gasteiger partial charge < -0.3 is 14.3 Å². The molecule has 0 spiro atoms. The van der Waals surface area contributed by atoms with Crippen LogP contribution in [0.5, 0.6) is 0 Å². The zero-order valence-corrected chi connectivity index (χ0v) is 19.5. The Labute approximate surface area is 181 Å². The Balaban J connectivity index is 2.35. The first kappa shape index (κ1) is 24.1. The van der Waals surface area contributed by atoms with E-state index in [4.69, 9.17) is 9.16 Å². The maximum absolute atomic E-state index is 12.0. The first-order chi connectivity index (χ1) is 14.3. The van der Waals surface area contributed by atoms with Crippen molar-refractivity contribution in [2.24, 2.45) is 5.92 Å². The smallest absolute Gasteiger partial charge is 0.335 e. The molecule has 0 radical (unpaired) electrons. The zero-order valence-electron chi connectivity index (χ0n) is 18.5. The summed E-state index contributed by atoms with van der Waals surface area (Å²) in [7, 11) is -2.64. The quantitative estimate of drug-likeness (QED) is 0.358. The third-order valence-corrected chi connectivity index (χ3v) is 10.5. The van der Waals surface area contributed by atoms with E-state index in [1.165, 1.54) is 10.4 Å². The second kappa shape index (κ2) is 10.7. The van der Waals surface area contributed by atoms with Gasteiger partial charge in [0.05, 0.1) is 6.61 Å². The molecule has 1 N–H and O–H groups in total. The number of esters is 1. The fraction of sp³-hybridized carbons (Fsp3) is 0.400. The minimum Gasteiger partial charge on any atom is -0.464 e. The van der Waals surface area contributed by atoms with E-state index in [-0.39, 0.29) is 11.6 Å². The van der Waals surface area contributed by atoms with Crippen LogP contribution in [0.2, 0.25) is 5.04 Å². The molecule has 0 amide bonds. The van der Waals surface area contributed by atoms with Gasteiger partial charge in [-0.3, -0.25) is 0 Å². The van der Waals surface area contributed by atoms with Crippen molar-refractivity contribution in [2.45, 2.75) is 45.3 Å². The lowest BCUT2D eigenvalue weighted by atomic mass is 9.99. The number of aliphatic hydroxyl groups is 1. The Morgan fingerprint density at radius 3 is 1.97 bits per heavy atom. The number of ether oxygens (including phenoxy) is 1. The molecule has 2 aromatic carbocycles. The van der Waals surface area contributed by atoms with Gasteiger partial charge >= 0.3 is 5.97 Å². The van der Waals surface area contributed by atoms with E-state index in [0.29, 0.717) is 13.0 Å². The lowest BCUT2D eigenvalue weighted by molar-refractivity contribution is -0.155. The summed E-state index contributed by atoms with van der Waals surface area (Å²) >= 11 is 0. The zero-order chi connectivity index (χ0) is 22.2. The molecular formula is C25H34O4Si. The predicted octanol–water partition coefficient (Wildman–Crippen LogP) is 3.68. The Bertz CT molecular complexity index is 759. The number of carbonyl (C=O) groups is 1. The summed E-state index contributed by atoms with van der Waals surface area (Å²) in [5, 5.41) is 12.6. The van der Waals surface area contributed by atoms with Crippen LogP contribution in [0.25, 0.3) is 0 Å². The monoisotopic (exact) mass is 426 g/mol. The minimum absolute atomic E-state index is 0.126. The molecule has 2 rings (SSSR count). The molecule has 0 aromatic heterocycles. The van der Waals surface area contributed by atoms with Crippen LogP contribution >= 0.6 is 0 Å². The summed E-state index contributed by atoms with van der Waals surface area (Å²) in [4.78, 5) is 12.0. The van der Waals surface area contributed by atoms with Crippen LogP contribution < -0.4 is 10.4 Å². The lowest BCUT2D eigenvalue weighted by Gasteiger charge is -2.43. The van der Waals surface area contributed by atoms with Gasteiger partial charge in [-0.15, -0.1) is 6.58 Å². The number of carbonyl (C=O) groups excluding carboxylic acids is 1. The molecule has 5 heteroatoms. The van der Waals surface area contributed by atoms with Crippen molar-refractivity contribution in [1.29, 1.82) is 0 Å². The third-order valence-electron chi connectivity index (χ3n) is 5.42. The van der Waals surface area contributed by atoms with Gasteiger partial charge in [0, 0.05) is 12.5 Å². The first-order valence-corrected chi connectivity index (χ1v) is 12.4. The maximum Gasteiger partial charge on any atom is 0.335 e. The van der Waals surface area contributed by atoms with Crippen LogP contribution in [-0.2, 0) is 14.0 Å². The van der Waals surface area contributed by atoms with Crippen molar-refractivity contribution in [2.75, 3.05) is 13.2 Å². The van der Waals surface area contributed by atoms with Crippen LogP contribution in [-0.4, -0.2) is 38.7 Å². The molecule has 0 aliphatic heterocycles. The van der Waals surface area contributed by atoms with Crippen molar-refractivity contribution < 1.29 is 19.1 Å². The molecule has 0 fully saturated rings. The number of aliphatic hydroxyl groups excluding tert-OH is 1. The van der Waals surface area contributed by atoms with E-state index >= 15 is 0 Å². The highest BCUT2D eigenvalue weighted by Crippen LogP contribution is 2.37. The van der Waals surface area contributed by atoms with Gasteiger partial charge in [-0.05, 0) is 28.8 Å². The van der Waals surface area contributed by atoms with Gasteiger partial charge in [-0.2, -0.15) is 0 Å². The largest absolute Gasteiger partial charge is 0.464 e. The molecule has 0 saturated carbocycles. The molecule has 162 valence electrons. The Morgan fingerprint density at radius 1 is 1.07 bits per heavy atom. The van der Waals surface area contributed by atoms with Gasteiger partial charge in [-0.25, -0.2) is 4.79 Å². The van der Waals surface area contributed by atoms with E-state index in [9.17, 15) is 9.90 Å². The summed E-state index contributed by atoms with van der Waals surface area (Å²) in [6.45, 7) is 12.8. The summed E-state index contributed by atoms with van der Waals surface area (Å²) in [6.07, 6.45) is 0.856. The molecule has 4 nitrogen and oxygen atoms in total. The maximum atomic E-state index is 12.0. The van der Waals surface area contributed by atoms with Crippen molar-refractivity contribution in [3.05, 3.63) is 73.3 Å². The van der Waals surface area contributed by atoms with E-state index in [0.717, 1.165) is 0 Å². The van der Waals surface area contributed by atoms with Crippen LogP contribution in [0.3, 0.4) is 0 Å². The van der Waals surface area contributed by atoms with Gasteiger partial charge in [-0.1, -0.05) is 87.5 Å². The van der Waals surface area contributed by atoms with Crippen molar-refractivity contribution in [3.63, 3.8) is 0 Å². The highest BCUT2D eigenvalue weighted by Gasteiger charge is 2.50. The third kappa shape index (κ3) is 5.28. The standard InChI is InChI=1S/C25H34O4Si/c1-6-20(23(26)24(27)28-7-2)18-19-29-30(25(3,4)5,21-14-10-8-11-15-21)22-16-12-9-13-17-22/h6,8-17,20,23,26H,1,7,18-19H2,2-5H3/t20-,23+/m0/s1. The number of benzene rings is 2. The summed E-state index contributed by atoms with van der Waals surface area (Å²) < 4.78 is 11.8. The number of hydrogen-bond acceptors (Lipinski definition) is 4. The van der Waals surface area contributed by atoms with E-state index in [1.807, 2.05) is 36.4 Å². The summed E-state index contributed by atoms with van der Waals surface area (Å²) in [5.41, 5.74) is 0. The SMILES string of the molecule is C=C[C@@H](CCO[Si](c1ccccc1)(c1ccccc1)C(C)(C)C)[C@@H](O)C(=O)OCC. The molecule has 0 aliphatic rings. The Morgan fingerprint density at radius 2 is 1.57 bits per heavy atom. The Kier molecular flexibility index (Phi) is 8.59. The van der Waals surface area contributed by atoms with Gasteiger partial charge in [0.25, 0.3) is 8.32 Å². The van der Waals surface area contributed by atoms with E-state index in [1.54, 1.807) is 13.0 Å². The number of rotatable bonds is 10. The van der Waals surface area contributed by atoms with Gasteiger partial charge in [0.2, 0.25) is 0 Å². The lowest BCUT2D eigenvalue weighted by Crippen LogP contribution is -2.66. The average molecular weight is 427 g/mol. The molecule has 0 bridgehead atoms. The topological polar surface area (TPSA) is 55.8 Å². The normalized spacial score (nSPS) is 14.0. The van der Waals surface area contributed by atoms with Crippen molar-refractivity contribution >= 4 is 24.7 Å². The molecule has 0 heterocycles. The highest BCUT2D eigenvalue weighted by molar-refractivity contribution is 6.99. The fourth-order valence-corrected chi connectivity index (χ4v) is 8.50. The molecule has 2 atom stereocenters. The predicted molar refractivity (Wildman–Crippen MR) is 125 cm³/mol. The Hall–Kier alpha value is -2.21. The molecular weight excluding hydrogens is 392 g/mol.